The zero-order valence-corrected chi connectivity index (χ0v) is 13.1. The SMILES string of the molecule is NCCc1cccc(Oc2cc(Cl)c(Br)cc2Cl)c1. The Kier molecular flexibility index (Phi) is 5.11. The third-order valence-corrected chi connectivity index (χ3v) is 4.03. The molecule has 0 aliphatic rings. The van der Waals surface area contributed by atoms with Crippen LogP contribution in [0.2, 0.25) is 10.0 Å². The lowest BCUT2D eigenvalue weighted by atomic mass is 10.1. The van der Waals surface area contributed by atoms with Crippen molar-refractivity contribution in [1.29, 1.82) is 0 Å². The second-order valence-electron chi connectivity index (χ2n) is 3.98. The third-order valence-electron chi connectivity index (χ3n) is 2.53. The summed E-state index contributed by atoms with van der Waals surface area (Å²) >= 11 is 15.5. The van der Waals surface area contributed by atoms with Crippen LogP contribution < -0.4 is 10.5 Å². The minimum atomic E-state index is 0.500. The van der Waals surface area contributed by atoms with E-state index < -0.39 is 0 Å². The highest BCUT2D eigenvalue weighted by Crippen LogP contribution is 2.36. The fraction of sp³-hybridized carbons (Fsp3) is 0.143. The Morgan fingerprint density at radius 2 is 1.89 bits per heavy atom. The van der Waals surface area contributed by atoms with Crippen LogP contribution in [-0.4, -0.2) is 6.54 Å². The molecular weight excluding hydrogens is 349 g/mol. The first-order valence-corrected chi connectivity index (χ1v) is 7.26. The van der Waals surface area contributed by atoms with Gasteiger partial charge in [-0.15, -0.1) is 0 Å². The van der Waals surface area contributed by atoms with Gasteiger partial charge in [-0.05, 0) is 52.7 Å². The Morgan fingerprint density at radius 3 is 2.63 bits per heavy atom. The summed E-state index contributed by atoms with van der Waals surface area (Å²) in [7, 11) is 0. The fourth-order valence-electron chi connectivity index (χ4n) is 1.64. The molecule has 2 nitrogen and oxygen atoms in total. The Balaban J connectivity index is 2.25. The van der Waals surface area contributed by atoms with Gasteiger partial charge < -0.3 is 10.5 Å². The third kappa shape index (κ3) is 3.86. The normalized spacial score (nSPS) is 10.5. The molecule has 2 N–H and O–H groups in total. The lowest BCUT2D eigenvalue weighted by molar-refractivity contribution is 0.482. The highest BCUT2D eigenvalue weighted by atomic mass is 79.9. The molecule has 0 heterocycles. The van der Waals surface area contributed by atoms with Gasteiger partial charge in [-0.3, -0.25) is 0 Å². The summed E-state index contributed by atoms with van der Waals surface area (Å²) in [6.45, 7) is 0.605. The van der Waals surface area contributed by atoms with Gasteiger partial charge >= 0.3 is 0 Å². The van der Waals surface area contributed by atoms with E-state index in [9.17, 15) is 0 Å². The molecule has 0 aromatic heterocycles. The number of hydrogen-bond acceptors (Lipinski definition) is 2. The van der Waals surface area contributed by atoms with Crippen LogP contribution in [0, 0.1) is 0 Å². The molecule has 0 saturated carbocycles. The Morgan fingerprint density at radius 1 is 1.11 bits per heavy atom. The topological polar surface area (TPSA) is 35.2 Å². The number of rotatable bonds is 4. The van der Waals surface area contributed by atoms with E-state index in [-0.39, 0.29) is 0 Å². The van der Waals surface area contributed by atoms with E-state index in [0.717, 1.165) is 16.5 Å². The minimum Gasteiger partial charge on any atom is -0.456 e. The van der Waals surface area contributed by atoms with E-state index in [0.29, 0.717) is 28.1 Å². The van der Waals surface area contributed by atoms with Crippen molar-refractivity contribution in [3.05, 3.63) is 56.5 Å². The number of nitrogens with two attached hydrogens (primary N) is 1. The van der Waals surface area contributed by atoms with Crippen molar-refractivity contribution in [3.63, 3.8) is 0 Å². The molecular formula is C14H12BrCl2NO. The van der Waals surface area contributed by atoms with Crippen LogP contribution in [0.25, 0.3) is 0 Å². The molecule has 0 spiro atoms. The molecule has 0 bridgehead atoms. The molecule has 2 aromatic carbocycles. The minimum absolute atomic E-state index is 0.500. The first-order chi connectivity index (χ1) is 9.10. The zero-order valence-electron chi connectivity index (χ0n) is 10.00. The molecule has 0 amide bonds. The molecule has 19 heavy (non-hydrogen) atoms. The summed E-state index contributed by atoms with van der Waals surface area (Å²) in [6, 6.07) is 11.1. The average molecular weight is 361 g/mol. The maximum absolute atomic E-state index is 6.12. The molecule has 0 unspecified atom stereocenters. The van der Waals surface area contributed by atoms with Crippen LogP contribution in [0.15, 0.2) is 40.9 Å². The van der Waals surface area contributed by atoms with Gasteiger partial charge in [-0.1, -0.05) is 35.3 Å². The van der Waals surface area contributed by atoms with Crippen molar-refractivity contribution < 1.29 is 4.74 Å². The highest BCUT2D eigenvalue weighted by Gasteiger charge is 2.08. The van der Waals surface area contributed by atoms with E-state index in [1.165, 1.54) is 0 Å². The molecule has 0 radical (unpaired) electrons. The summed E-state index contributed by atoms with van der Waals surface area (Å²) in [5.41, 5.74) is 6.66. The molecule has 0 aliphatic heterocycles. The number of halogens is 3. The molecule has 0 aliphatic carbocycles. The molecule has 0 saturated heterocycles. The highest BCUT2D eigenvalue weighted by molar-refractivity contribution is 9.10. The summed E-state index contributed by atoms with van der Waals surface area (Å²) in [5, 5.41) is 1.05. The van der Waals surface area contributed by atoms with Crippen molar-refractivity contribution >= 4 is 39.1 Å². The lowest BCUT2D eigenvalue weighted by Crippen LogP contribution is -2.02. The van der Waals surface area contributed by atoms with Crippen LogP contribution in [0.3, 0.4) is 0 Å². The molecule has 0 atom stereocenters. The van der Waals surface area contributed by atoms with Crippen LogP contribution >= 0.6 is 39.1 Å². The zero-order chi connectivity index (χ0) is 13.8. The van der Waals surface area contributed by atoms with Crippen molar-refractivity contribution in [3.8, 4) is 11.5 Å². The van der Waals surface area contributed by atoms with E-state index in [4.69, 9.17) is 33.7 Å². The van der Waals surface area contributed by atoms with E-state index in [1.54, 1.807) is 12.1 Å². The first-order valence-electron chi connectivity index (χ1n) is 5.71. The maximum atomic E-state index is 6.12. The number of benzene rings is 2. The fourth-order valence-corrected chi connectivity index (χ4v) is 2.47. The summed E-state index contributed by atoms with van der Waals surface area (Å²) in [6.07, 6.45) is 0.812. The second kappa shape index (κ2) is 6.62. The van der Waals surface area contributed by atoms with Gasteiger partial charge in [0, 0.05) is 10.5 Å². The Hall–Kier alpha value is -0.740. The van der Waals surface area contributed by atoms with Gasteiger partial charge in [0.2, 0.25) is 0 Å². The lowest BCUT2D eigenvalue weighted by Gasteiger charge is -2.10. The van der Waals surface area contributed by atoms with Gasteiger partial charge in [0.15, 0.2) is 0 Å². The summed E-state index contributed by atoms with van der Waals surface area (Å²) in [4.78, 5) is 0. The monoisotopic (exact) mass is 359 g/mol. The van der Waals surface area contributed by atoms with Crippen LogP contribution in [0.1, 0.15) is 5.56 Å². The van der Waals surface area contributed by atoms with Gasteiger partial charge in [0.1, 0.15) is 11.5 Å². The molecule has 100 valence electrons. The maximum Gasteiger partial charge on any atom is 0.147 e. The van der Waals surface area contributed by atoms with Crippen LogP contribution in [0.4, 0.5) is 0 Å². The van der Waals surface area contributed by atoms with Crippen molar-refractivity contribution in [2.24, 2.45) is 5.73 Å². The predicted molar refractivity (Wildman–Crippen MR) is 83.4 cm³/mol. The van der Waals surface area contributed by atoms with Gasteiger partial charge in [0.05, 0.1) is 10.0 Å². The first kappa shape index (κ1) is 14.7. The van der Waals surface area contributed by atoms with Gasteiger partial charge in [0.25, 0.3) is 0 Å². The standard InChI is InChI=1S/C14H12BrCl2NO/c15-11-7-13(17)14(8-12(11)16)19-10-3-1-2-9(6-10)4-5-18/h1-3,6-8H,4-5,18H2. The molecule has 0 fully saturated rings. The molecule has 2 rings (SSSR count). The smallest absolute Gasteiger partial charge is 0.147 e. The van der Waals surface area contributed by atoms with Crippen LogP contribution in [0.5, 0.6) is 11.5 Å². The number of hydrogen-bond donors (Lipinski definition) is 1. The van der Waals surface area contributed by atoms with Crippen LogP contribution in [-0.2, 0) is 6.42 Å². The largest absolute Gasteiger partial charge is 0.456 e. The predicted octanol–water partition coefficient (Wildman–Crippen LogP) is 5.05. The molecule has 2 aromatic rings. The number of ether oxygens (including phenoxy) is 1. The quantitative estimate of drug-likeness (QED) is 0.774. The Bertz CT molecular complexity index is 590. The summed E-state index contributed by atoms with van der Waals surface area (Å²) in [5.74, 6) is 1.24. The van der Waals surface area contributed by atoms with E-state index in [1.807, 2.05) is 24.3 Å². The second-order valence-corrected chi connectivity index (χ2v) is 5.65. The summed E-state index contributed by atoms with van der Waals surface area (Å²) < 4.78 is 6.49. The Labute approximate surface area is 130 Å². The molecule has 5 heteroatoms. The van der Waals surface area contributed by atoms with Gasteiger partial charge in [-0.25, -0.2) is 0 Å². The van der Waals surface area contributed by atoms with E-state index >= 15 is 0 Å². The van der Waals surface area contributed by atoms with Gasteiger partial charge in [-0.2, -0.15) is 0 Å². The van der Waals surface area contributed by atoms with Crippen molar-refractivity contribution in [2.45, 2.75) is 6.42 Å². The average Bonchev–Trinajstić information content (AvgIpc) is 2.37. The van der Waals surface area contributed by atoms with E-state index in [2.05, 4.69) is 15.9 Å². The van der Waals surface area contributed by atoms with Crippen molar-refractivity contribution in [2.75, 3.05) is 6.54 Å². The van der Waals surface area contributed by atoms with Crippen molar-refractivity contribution in [1.82, 2.24) is 0 Å².